The largest absolute Gasteiger partial charge is 0.492 e. The number of non-ortho nitro benzene ring substituents is 1. The van der Waals surface area contributed by atoms with Gasteiger partial charge in [-0.25, -0.2) is 4.98 Å². The summed E-state index contributed by atoms with van der Waals surface area (Å²) in [6, 6.07) is 21.0. The molecule has 0 spiro atoms. The third-order valence-corrected chi connectivity index (χ3v) is 5.68. The molecule has 0 aliphatic rings. The van der Waals surface area contributed by atoms with Gasteiger partial charge in [-0.05, 0) is 30.7 Å². The lowest BCUT2D eigenvalue weighted by Crippen LogP contribution is -2.30. The Morgan fingerprint density at radius 3 is 2.61 bits per heavy atom. The fraction of sp³-hybridized carbons (Fsp3) is 0.130. The van der Waals surface area contributed by atoms with Crippen LogP contribution >= 0.6 is 11.3 Å². The van der Waals surface area contributed by atoms with Gasteiger partial charge < -0.3 is 4.74 Å². The maximum absolute atomic E-state index is 13.5. The Morgan fingerprint density at radius 1 is 1.10 bits per heavy atom. The van der Waals surface area contributed by atoms with E-state index >= 15 is 0 Å². The van der Waals surface area contributed by atoms with Gasteiger partial charge in [-0.2, -0.15) is 0 Å². The quantitative estimate of drug-likeness (QED) is 0.286. The van der Waals surface area contributed by atoms with Crippen molar-refractivity contribution in [3.05, 3.63) is 94.0 Å². The van der Waals surface area contributed by atoms with Crippen molar-refractivity contribution < 1.29 is 14.5 Å². The summed E-state index contributed by atoms with van der Waals surface area (Å²) in [6.07, 6.45) is 0. The standard InChI is InChI=1S/C23H19N3O4S/c1-2-30-19-12-7-13-20-21(19)24-23(31-20)25(15-16-8-4-3-5-9-16)22(27)17-10-6-11-18(14-17)26(28)29/h3-14H,2,15H2,1H3. The number of anilines is 1. The molecule has 7 nitrogen and oxygen atoms in total. The number of hydrogen-bond donors (Lipinski definition) is 0. The van der Waals surface area contributed by atoms with Crippen LogP contribution in [0.1, 0.15) is 22.8 Å². The molecule has 3 aromatic carbocycles. The van der Waals surface area contributed by atoms with E-state index in [0.717, 1.165) is 10.3 Å². The molecule has 4 rings (SSSR count). The van der Waals surface area contributed by atoms with E-state index < -0.39 is 4.92 Å². The van der Waals surface area contributed by atoms with Crippen LogP contribution < -0.4 is 9.64 Å². The molecule has 8 heteroatoms. The van der Waals surface area contributed by atoms with E-state index in [1.54, 1.807) is 11.0 Å². The average Bonchev–Trinajstić information content (AvgIpc) is 3.23. The van der Waals surface area contributed by atoms with E-state index in [9.17, 15) is 14.9 Å². The van der Waals surface area contributed by atoms with Crippen LogP contribution in [-0.2, 0) is 6.54 Å². The number of ether oxygens (including phenoxy) is 1. The lowest BCUT2D eigenvalue weighted by atomic mass is 10.1. The number of carbonyl (C=O) groups is 1. The molecule has 0 unspecified atom stereocenters. The number of nitrogens with zero attached hydrogens (tertiary/aromatic N) is 3. The van der Waals surface area contributed by atoms with E-state index in [4.69, 9.17) is 9.72 Å². The first kappa shape index (κ1) is 20.5. The second-order valence-corrected chi connectivity index (χ2v) is 7.73. The van der Waals surface area contributed by atoms with Gasteiger partial charge in [-0.3, -0.25) is 19.8 Å². The Hall–Kier alpha value is -3.78. The molecule has 0 radical (unpaired) electrons. The summed E-state index contributed by atoms with van der Waals surface area (Å²) < 4.78 is 6.58. The number of benzene rings is 3. The van der Waals surface area contributed by atoms with Crippen molar-refractivity contribution in [2.45, 2.75) is 13.5 Å². The van der Waals surface area contributed by atoms with E-state index in [1.807, 2.05) is 55.5 Å². The highest BCUT2D eigenvalue weighted by molar-refractivity contribution is 7.22. The molecule has 0 aliphatic heterocycles. The minimum Gasteiger partial charge on any atom is -0.492 e. The molecular formula is C23H19N3O4S. The maximum Gasteiger partial charge on any atom is 0.270 e. The molecule has 1 aromatic heterocycles. The molecule has 1 heterocycles. The molecule has 0 saturated heterocycles. The van der Waals surface area contributed by atoms with Gasteiger partial charge in [0.1, 0.15) is 11.3 Å². The fourth-order valence-electron chi connectivity index (χ4n) is 3.20. The number of nitro groups is 1. The fourth-order valence-corrected chi connectivity index (χ4v) is 4.18. The first-order valence-electron chi connectivity index (χ1n) is 9.69. The van der Waals surface area contributed by atoms with Crippen LogP contribution in [0.25, 0.3) is 10.2 Å². The van der Waals surface area contributed by atoms with Crippen LogP contribution in [0.5, 0.6) is 5.75 Å². The zero-order valence-corrected chi connectivity index (χ0v) is 17.5. The summed E-state index contributed by atoms with van der Waals surface area (Å²) >= 11 is 1.38. The number of fused-ring (bicyclic) bond motifs is 1. The summed E-state index contributed by atoms with van der Waals surface area (Å²) in [5, 5.41) is 11.7. The van der Waals surface area contributed by atoms with Crippen molar-refractivity contribution in [1.82, 2.24) is 4.98 Å². The first-order chi connectivity index (χ1) is 15.1. The van der Waals surface area contributed by atoms with Gasteiger partial charge in [0.2, 0.25) is 0 Å². The number of rotatable bonds is 7. The van der Waals surface area contributed by atoms with E-state index in [0.29, 0.717) is 23.0 Å². The summed E-state index contributed by atoms with van der Waals surface area (Å²) in [5.74, 6) is 0.300. The highest BCUT2D eigenvalue weighted by atomic mass is 32.1. The normalized spacial score (nSPS) is 10.7. The van der Waals surface area contributed by atoms with Crippen LogP contribution in [0.15, 0.2) is 72.8 Å². The lowest BCUT2D eigenvalue weighted by molar-refractivity contribution is -0.384. The van der Waals surface area contributed by atoms with Crippen LogP contribution in [-0.4, -0.2) is 22.4 Å². The summed E-state index contributed by atoms with van der Waals surface area (Å²) in [5.41, 5.74) is 1.71. The van der Waals surface area contributed by atoms with Gasteiger partial charge in [0, 0.05) is 17.7 Å². The highest BCUT2D eigenvalue weighted by Crippen LogP contribution is 2.35. The van der Waals surface area contributed by atoms with Crippen molar-refractivity contribution in [3.8, 4) is 5.75 Å². The third-order valence-electron chi connectivity index (χ3n) is 4.63. The Bertz CT molecular complexity index is 1240. The molecule has 0 aliphatic carbocycles. The van der Waals surface area contributed by atoms with Crippen molar-refractivity contribution in [1.29, 1.82) is 0 Å². The monoisotopic (exact) mass is 433 g/mol. The van der Waals surface area contributed by atoms with Crippen LogP contribution in [0.2, 0.25) is 0 Å². The molecule has 0 atom stereocenters. The summed E-state index contributed by atoms with van der Waals surface area (Å²) in [6.45, 7) is 2.69. The summed E-state index contributed by atoms with van der Waals surface area (Å²) in [4.78, 5) is 30.4. The Balaban J connectivity index is 1.79. The van der Waals surface area contributed by atoms with E-state index in [-0.39, 0.29) is 23.7 Å². The number of thiazole rings is 1. The predicted molar refractivity (Wildman–Crippen MR) is 121 cm³/mol. The average molecular weight is 433 g/mol. The molecular weight excluding hydrogens is 414 g/mol. The van der Waals surface area contributed by atoms with Gasteiger partial charge in [0.05, 0.1) is 22.8 Å². The molecule has 156 valence electrons. The summed E-state index contributed by atoms with van der Waals surface area (Å²) in [7, 11) is 0. The molecule has 1 amide bonds. The zero-order valence-electron chi connectivity index (χ0n) is 16.7. The second kappa shape index (κ2) is 8.93. The molecule has 31 heavy (non-hydrogen) atoms. The zero-order chi connectivity index (χ0) is 21.8. The minimum absolute atomic E-state index is 0.131. The van der Waals surface area contributed by atoms with Crippen molar-refractivity contribution in [2.24, 2.45) is 0 Å². The van der Waals surface area contributed by atoms with Gasteiger partial charge in [-0.1, -0.05) is 53.8 Å². The minimum atomic E-state index is -0.510. The van der Waals surface area contributed by atoms with E-state index in [1.165, 1.54) is 29.5 Å². The van der Waals surface area contributed by atoms with Crippen molar-refractivity contribution >= 4 is 38.3 Å². The molecule has 4 aromatic rings. The van der Waals surface area contributed by atoms with Crippen LogP contribution in [0.4, 0.5) is 10.8 Å². The van der Waals surface area contributed by atoms with Crippen molar-refractivity contribution in [3.63, 3.8) is 0 Å². The Morgan fingerprint density at radius 2 is 1.87 bits per heavy atom. The third kappa shape index (κ3) is 4.39. The number of carbonyl (C=O) groups excluding carboxylic acids is 1. The van der Waals surface area contributed by atoms with Crippen LogP contribution in [0, 0.1) is 10.1 Å². The lowest BCUT2D eigenvalue weighted by Gasteiger charge is -2.20. The van der Waals surface area contributed by atoms with Gasteiger partial charge >= 0.3 is 0 Å². The highest BCUT2D eigenvalue weighted by Gasteiger charge is 2.24. The number of nitro benzene ring substituents is 1. The number of amides is 1. The SMILES string of the molecule is CCOc1cccc2sc(N(Cc3ccccc3)C(=O)c3cccc([N+](=O)[O-])c3)nc12. The smallest absolute Gasteiger partial charge is 0.270 e. The Labute approximate surface area is 182 Å². The molecule has 0 bridgehead atoms. The van der Waals surface area contributed by atoms with Crippen molar-refractivity contribution in [2.75, 3.05) is 11.5 Å². The number of aromatic nitrogens is 1. The second-order valence-electron chi connectivity index (χ2n) is 6.72. The molecule has 0 saturated carbocycles. The Kier molecular flexibility index (Phi) is 5.90. The van der Waals surface area contributed by atoms with Gasteiger partial charge in [-0.15, -0.1) is 0 Å². The predicted octanol–water partition coefficient (Wildman–Crippen LogP) is 5.45. The molecule has 0 N–H and O–H groups in total. The number of hydrogen-bond acceptors (Lipinski definition) is 6. The van der Waals surface area contributed by atoms with E-state index in [2.05, 4.69) is 0 Å². The maximum atomic E-state index is 13.5. The van der Waals surface area contributed by atoms with Gasteiger partial charge in [0.25, 0.3) is 11.6 Å². The first-order valence-corrected chi connectivity index (χ1v) is 10.5. The van der Waals surface area contributed by atoms with Crippen LogP contribution in [0.3, 0.4) is 0 Å². The topological polar surface area (TPSA) is 85.6 Å². The van der Waals surface area contributed by atoms with Gasteiger partial charge in [0.15, 0.2) is 5.13 Å². The number of para-hydroxylation sites is 1. The molecule has 0 fully saturated rings.